The van der Waals surface area contributed by atoms with Crippen molar-refractivity contribution in [2.24, 2.45) is 7.05 Å². The van der Waals surface area contributed by atoms with E-state index < -0.39 is 0 Å². The SMILES string of the molecule is Cn1cnc2cc(-c3nncn3-c3c(-c4ccccc4)cccc3-c3ccccc3)[c-]cc21.[Ir]. The van der Waals surface area contributed by atoms with Gasteiger partial charge in [0.25, 0.3) is 0 Å². The molecule has 2 heterocycles. The van der Waals surface area contributed by atoms with Gasteiger partial charge in [0.05, 0.1) is 17.8 Å². The fourth-order valence-corrected chi connectivity index (χ4v) is 4.29. The molecule has 0 saturated heterocycles. The standard InChI is InChI=1S/C28H20N5.Ir/c1-32-18-29-25-17-22(15-16-26(25)32)28-31-30-19-33(28)27-23(20-9-4-2-5-10-20)13-8-14-24(27)21-11-6-3-7-12-21;/h2-14,16-19H,1H3;/q-1;. The van der Waals surface area contributed by atoms with Crippen LogP contribution in [0.5, 0.6) is 0 Å². The Balaban J connectivity index is 0.00000241. The Morgan fingerprint density at radius 3 is 2.06 bits per heavy atom. The van der Waals surface area contributed by atoms with Crippen LogP contribution < -0.4 is 0 Å². The Morgan fingerprint density at radius 2 is 1.41 bits per heavy atom. The van der Waals surface area contributed by atoms with Crippen molar-refractivity contribution in [1.29, 1.82) is 0 Å². The van der Waals surface area contributed by atoms with Gasteiger partial charge in [-0.05, 0) is 16.6 Å². The fraction of sp³-hybridized carbons (Fsp3) is 0.0357. The maximum absolute atomic E-state index is 4.51. The van der Waals surface area contributed by atoms with Crippen molar-refractivity contribution in [1.82, 2.24) is 24.3 Å². The van der Waals surface area contributed by atoms with Crippen molar-refractivity contribution in [3.8, 4) is 39.3 Å². The molecule has 0 unspecified atom stereocenters. The van der Waals surface area contributed by atoms with E-state index in [-0.39, 0.29) is 20.1 Å². The summed E-state index contributed by atoms with van der Waals surface area (Å²) in [4.78, 5) is 4.51. The number of fused-ring (bicyclic) bond motifs is 1. The predicted octanol–water partition coefficient (Wildman–Crippen LogP) is 5.95. The molecule has 4 aromatic carbocycles. The van der Waals surface area contributed by atoms with Crippen molar-refractivity contribution in [2.45, 2.75) is 0 Å². The molecule has 5 nitrogen and oxygen atoms in total. The molecule has 0 atom stereocenters. The zero-order valence-electron chi connectivity index (χ0n) is 18.4. The molecule has 6 aromatic rings. The monoisotopic (exact) mass is 619 g/mol. The van der Waals surface area contributed by atoms with Crippen LogP contribution in [0.2, 0.25) is 0 Å². The third kappa shape index (κ3) is 3.77. The normalized spacial score (nSPS) is 10.9. The molecule has 167 valence electrons. The summed E-state index contributed by atoms with van der Waals surface area (Å²) in [7, 11) is 1.98. The molecule has 0 N–H and O–H groups in total. The average Bonchev–Trinajstić information content (AvgIpc) is 3.51. The van der Waals surface area contributed by atoms with Crippen molar-refractivity contribution in [3.63, 3.8) is 0 Å². The molecule has 2 aromatic heterocycles. The van der Waals surface area contributed by atoms with E-state index in [2.05, 4.69) is 92.5 Å². The van der Waals surface area contributed by atoms with E-state index in [1.807, 2.05) is 42.2 Å². The van der Waals surface area contributed by atoms with Gasteiger partial charge in [-0.25, -0.2) is 0 Å². The number of aromatic nitrogens is 5. The van der Waals surface area contributed by atoms with E-state index in [1.54, 1.807) is 6.33 Å². The number of rotatable bonds is 4. The van der Waals surface area contributed by atoms with Crippen molar-refractivity contribution in [2.75, 3.05) is 0 Å². The Bertz CT molecular complexity index is 1510. The second kappa shape index (κ2) is 9.18. The molecule has 0 aliphatic rings. The molecular weight excluding hydrogens is 599 g/mol. The predicted molar refractivity (Wildman–Crippen MR) is 131 cm³/mol. The zero-order chi connectivity index (χ0) is 22.2. The van der Waals surface area contributed by atoms with E-state index in [0.29, 0.717) is 0 Å². The van der Waals surface area contributed by atoms with Crippen LogP contribution in [0.3, 0.4) is 0 Å². The third-order valence-electron chi connectivity index (χ3n) is 5.89. The molecule has 1 radical (unpaired) electrons. The van der Waals surface area contributed by atoms with Crippen LogP contribution in [0.25, 0.3) is 50.4 Å². The largest absolute Gasteiger partial charge is 0.373 e. The van der Waals surface area contributed by atoms with Crippen molar-refractivity contribution in [3.05, 3.63) is 110 Å². The van der Waals surface area contributed by atoms with Gasteiger partial charge in [-0.15, -0.1) is 28.9 Å². The Kier molecular flexibility index (Phi) is 5.93. The Morgan fingerprint density at radius 1 is 0.765 bits per heavy atom. The van der Waals surface area contributed by atoms with Crippen molar-refractivity contribution >= 4 is 11.0 Å². The van der Waals surface area contributed by atoms with Gasteiger partial charge in [0.15, 0.2) is 0 Å². The van der Waals surface area contributed by atoms with E-state index in [4.69, 9.17) is 0 Å². The number of nitrogens with zero attached hydrogens (tertiary/aromatic N) is 5. The number of hydrogen-bond donors (Lipinski definition) is 0. The molecule has 0 bridgehead atoms. The van der Waals surface area contributed by atoms with E-state index in [9.17, 15) is 0 Å². The quantitative estimate of drug-likeness (QED) is 0.230. The van der Waals surface area contributed by atoms with Gasteiger partial charge in [-0.3, -0.25) is 4.98 Å². The maximum Gasteiger partial charge on any atom is 0.115 e. The first-order chi connectivity index (χ1) is 16.3. The van der Waals surface area contributed by atoms with Crippen LogP contribution in [0, 0.1) is 6.07 Å². The summed E-state index contributed by atoms with van der Waals surface area (Å²) in [5.41, 5.74) is 8.29. The summed E-state index contributed by atoms with van der Waals surface area (Å²) in [6.45, 7) is 0. The van der Waals surface area contributed by atoms with E-state index in [1.165, 1.54) is 0 Å². The summed E-state index contributed by atoms with van der Waals surface area (Å²) >= 11 is 0. The number of benzene rings is 4. The van der Waals surface area contributed by atoms with Crippen LogP contribution in [-0.2, 0) is 27.2 Å². The maximum atomic E-state index is 4.51. The van der Waals surface area contributed by atoms with E-state index in [0.717, 1.165) is 50.4 Å². The molecule has 0 aliphatic heterocycles. The number of hydrogen-bond acceptors (Lipinski definition) is 3. The minimum atomic E-state index is 0. The minimum absolute atomic E-state index is 0. The number of aryl methyl sites for hydroxylation is 1. The second-order valence-electron chi connectivity index (χ2n) is 7.93. The van der Waals surface area contributed by atoms with Gasteiger partial charge < -0.3 is 9.13 Å². The van der Waals surface area contributed by atoms with Crippen LogP contribution in [0.15, 0.2) is 104 Å². The smallest absolute Gasteiger partial charge is 0.115 e. The molecule has 0 amide bonds. The van der Waals surface area contributed by atoms with Gasteiger partial charge in [0, 0.05) is 43.8 Å². The van der Waals surface area contributed by atoms with Gasteiger partial charge >= 0.3 is 0 Å². The summed E-state index contributed by atoms with van der Waals surface area (Å²) in [5.74, 6) is 0.725. The van der Waals surface area contributed by atoms with Gasteiger partial charge in [0.1, 0.15) is 6.33 Å². The third-order valence-corrected chi connectivity index (χ3v) is 5.89. The number of imidazole rings is 1. The van der Waals surface area contributed by atoms with Crippen LogP contribution in [0.4, 0.5) is 0 Å². The first-order valence-electron chi connectivity index (χ1n) is 10.8. The number of para-hydroxylation sites is 1. The molecule has 34 heavy (non-hydrogen) atoms. The summed E-state index contributed by atoms with van der Waals surface area (Å²) < 4.78 is 4.05. The molecule has 0 spiro atoms. The first-order valence-corrected chi connectivity index (χ1v) is 10.8. The summed E-state index contributed by atoms with van der Waals surface area (Å²) in [6.07, 6.45) is 3.59. The van der Waals surface area contributed by atoms with Crippen LogP contribution in [-0.4, -0.2) is 24.3 Å². The van der Waals surface area contributed by atoms with Gasteiger partial charge in [0.2, 0.25) is 0 Å². The molecule has 6 heteroatoms. The Labute approximate surface area is 211 Å². The molecular formula is C28H20IrN5-. The summed E-state index contributed by atoms with van der Waals surface area (Å²) in [5, 5.41) is 8.79. The minimum Gasteiger partial charge on any atom is -0.373 e. The molecule has 0 fully saturated rings. The first kappa shape index (κ1) is 22.0. The molecule has 0 aliphatic carbocycles. The van der Waals surface area contributed by atoms with Crippen LogP contribution in [0.1, 0.15) is 0 Å². The molecule has 0 saturated carbocycles. The summed E-state index contributed by atoms with van der Waals surface area (Å²) in [6, 6.07) is 34.6. The average molecular weight is 619 g/mol. The fourth-order valence-electron chi connectivity index (χ4n) is 4.29. The zero-order valence-corrected chi connectivity index (χ0v) is 20.8. The van der Waals surface area contributed by atoms with Crippen LogP contribution >= 0.6 is 0 Å². The molecule has 6 rings (SSSR count). The van der Waals surface area contributed by atoms with Crippen molar-refractivity contribution < 1.29 is 20.1 Å². The van der Waals surface area contributed by atoms with E-state index >= 15 is 0 Å². The van der Waals surface area contributed by atoms with Gasteiger partial charge in [-0.2, -0.15) is 5.10 Å². The Hall–Kier alpha value is -3.86. The van der Waals surface area contributed by atoms with Gasteiger partial charge in [-0.1, -0.05) is 78.9 Å². The second-order valence-corrected chi connectivity index (χ2v) is 7.93. The topological polar surface area (TPSA) is 48.5 Å².